The van der Waals surface area contributed by atoms with Crippen LogP contribution in [0.25, 0.3) is 21.0 Å². The van der Waals surface area contributed by atoms with Crippen molar-refractivity contribution in [1.82, 2.24) is 4.98 Å². The van der Waals surface area contributed by atoms with E-state index in [2.05, 4.69) is 30.8 Å². The van der Waals surface area contributed by atoms with E-state index in [0.717, 1.165) is 119 Å². The lowest BCUT2D eigenvalue weighted by Crippen LogP contribution is -2.30. The van der Waals surface area contributed by atoms with Crippen LogP contribution in [0.5, 0.6) is 17.2 Å². The van der Waals surface area contributed by atoms with E-state index in [1.54, 1.807) is 17.6 Å². The molecule has 1 saturated heterocycles. The number of unbranched alkanes of at least 4 members (excludes halogenated alkanes) is 1. The molecule has 1 atom stereocenters. The summed E-state index contributed by atoms with van der Waals surface area (Å²) in [6, 6.07) is 26.5. The number of aromatic nitrogens is 1. The van der Waals surface area contributed by atoms with Crippen LogP contribution in [0.4, 0.5) is 18.3 Å². The van der Waals surface area contributed by atoms with Gasteiger partial charge in [0.05, 0.1) is 61.8 Å². The van der Waals surface area contributed by atoms with Crippen molar-refractivity contribution in [2.75, 3.05) is 51.2 Å². The van der Waals surface area contributed by atoms with E-state index in [4.69, 9.17) is 48.0 Å². The van der Waals surface area contributed by atoms with Crippen LogP contribution in [0.15, 0.2) is 108 Å². The summed E-state index contributed by atoms with van der Waals surface area (Å²) < 4.78 is 85.7. The molecule has 3 aliphatic rings. The SMILES string of the molecule is C=C(C(=O)OCCOC1CCC(C2CCC(COc3ccc4c(/C=N/N(CCCCO/C=C/C)c5nc6ccccc6s5)c(OCc5ccc(OCCCOC6OC6(C)C)cc5)ccc4c3)CC2)CC1)C(F)(F)F. The van der Waals surface area contributed by atoms with Crippen molar-refractivity contribution in [2.45, 2.75) is 122 Å². The van der Waals surface area contributed by atoms with E-state index >= 15 is 0 Å². The molecular formula is C58H70F3N3O9S. The predicted octanol–water partition coefficient (Wildman–Crippen LogP) is 13.5. The number of epoxide rings is 1. The number of para-hydroxylation sites is 1. The molecule has 1 aromatic heterocycles. The van der Waals surface area contributed by atoms with Gasteiger partial charge in [-0.05, 0) is 168 Å². The summed E-state index contributed by atoms with van der Waals surface area (Å²) in [6.07, 6.45) is 11.5. The van der Waals surface area contributed by atoms with Gasteiger partial charge in [-0.2, -0.15) is 18.3 Å². The number of hydrogen-bond donors (Lipinski definition) is 0. The van der Waals surface area contributed by atoms with Crippen LogP contribution in [0.2, 0.25) is 0 Å². The third-order valence-corrected chi connectivity index (χ3v) is 15.1. The van der Waals surface area contributed by atoms with Crippen molar-refractivity contribution < 1.29 is 55.9 Å². The number of benzene rings is 4. The van der Waals surface area contributed by atoms with E-state index in [1.807, 2.05) is 92.7 Å². The number of hydrogen-bond acceptors (Lipinski definition) is 13. The molecule has 3 fully saturated rings. The number of nitrogens with zero attached hydrogens (tertiary/aromatic N) is 3. The summed E-state index contributed by atoms with van der Waals surface area (Å²) in [5.74, 6) is 2.61. The third kappa shape index (κ3) is 15.7. The van der Waals surface area contributed by atoms with Gasteiger partial charge in [0, 0.05) is 18.5 Å². The number of carbonyl (C=O) groups excluding carboxylic acids is 1. The molecule has 8 rings (SSSR count). The second-order valence-corrected chi connectivity index (χ2v) is 20.9. The maximum atomic E-state index is 12.7. The molecule has 2 saturated carbocycles. The van der Waals surface area contributed by atoms with Gasteiger partial charge in [0.2, 0.25) is 5.13 Å². The number of allylic oxidation sites excluding steroid dienone is 1. The van der Waals surface area contributed by atoms with Gasteiger partial charge >= 0.3 is 12.1 Å². The quantitative estimate of drug-likeness (QED) is 0.00950. The fourth-order valence-corrected chi connectivity index (χ4v) is 10.6. The van der Waals surface area contributed by atoms with Gasteiger partial charge in [-0.15, -0.1) is 0 Å². The Kier molecular flexibility index (Phi) is 19.3. The Hall–Kier alpha value is -5.68. The molecule has 12 nitrogen and oxygen atoms in total. The number of ether oxygens (including phenoxy) is 8. The molecule has 398 valence electrons. The molecule has 0 N–H and O–H groups in total. The van der Waals surface area contributed by atoms with E-state index in [0.29, 0.717) is 63.1 Å². The number of esters is 1. The van der Waals surface area contributed by atoms with Crippen molar-refractivity contribution in [3.05, 3.63) is 114 Å². The monoisotopic (exact) mass is 1040 g/mol. The lowest BCUT2D eigenvalue weighted by molar-refractivity contribution is -0.152. The number of thiazole rings is 1. The van der Waals surface area contributed by atoms with Crippen molar-refractivity contribution in [1.29, 1.82) is 0 Å². The maximum Gasteiger partial charge on any atom is 0.422 e. The van der Waals surface area contributed by atoms with Crippen LogP contribution in [0.1, 0.15) is 103 Å². The highest BCUT2D eigenvalue weighted by Crippen LogP contribution is 2.41. The zero-order valence-electron chi connectivity index (χ0n) is 42.8. The first kappa shape index (κ1) is 54.6. The first-order chi connectivity index (χ1) is 35.8. The molecule has 2 aliphatic carbocycles. The Labute approximate surface area is 436 Å². The largest absolute Gasteiger partial charge is 0.502 e. The Morgan fingerprint density at radius 2 is 1.58 bits per heavy atom. The number of fused-ring (bicyclic) bond motifs is 2. The Morgan fingerprint density at radius 3 is 2.31 bits per heavy atom. The van der Waals surface area contributed by atoms with Crippen LogP contribution >= 0.6 is 11.3 Å². The molecule has 0 spiro atoms. The average molecular weight is 1040 g/mol. The van der Waals surface area contributed by atoms with Gasteiger partial charge in [-0.1, -0.05) is 54.3 Å². The minimum absolute atomic E-state index is 0.0235. The molecular weight excluding hydrogens is 972 g/mol. The van der Waals surface area contributed by atoms with Crippen LogP contribution in [0, 0.1) is 17.8 Å². The van der Waals surface area contributed by atoms with Crippen LogP contribution in [-0.4, -0.2) is 87.5 Å². The van der Waals surface area contributed by atoms with Gasteiger partial charge in [-0.3, -0.25) is 0 Å². The van der Waals surface area contributed by atoms with Crippen LogP contribution < -0.4 is 19.2 Å². The second-order valence-electron chi connectivity index (χ2n) is 19.9. The molecule has 4 aromatic carbocycles. The van der Waals surface area contributed by atoms with E-state index in [9.17, 15) is 18.0 Å². The lowest BCUT2D eigenvalue weighted by Gasteiger charge is -2.37. The van der Waals surface area contributed by atoms with Crippen molar-refractivity contribution in [3.63, 3.8) is 0 Å². The Bertz CT molecular complexity index is 2620. The number of anilines is 1. The fourth-order valence-electron chi connectivity index (χ4n) is 9.65. The second kappa shape index (κ2) is 26.2. The van der Waals surface area contributed by atoms with Crippen molar-refractivity contribution in [2.24, 2.45) is 22.9 Å². The highest BCUT2D eigenvalue weighted by Gasteiger charge is 2.49. The van der Waals surface area contributed by atoms with Crippen LogP contribution in [-0.2, 0) is 35.1 Å². The summed E-state index contributed by atoms with van der Waals surface area (Å²) >= 11 is 1.62. The number of rotatable bonds is 27. The number of alkyl halides is 3. The summed E-state index contributed by atoms with van der Waals surface area (Å²) in [5.41, 5.74) is 1.10. The summed E-state index contributed by atoms with van der Waals surface area (Å²) in [7, 11) is 0. The summed E-state index contributed by atoms with van der Waals surface area (Å²) in [4.78, 5) is 16.5. The topological polar surface area (TPSA) is 123 Å². The maximum absolute atomic E-state index is 12.7. The highest BCUT2D eigenvalue weighted by molar-refractivity contribution is 7.22. The Morgan fingerprint density at radius 1 is 0.838 bits per heavy atom. The van der Waals surface area contributed by atoms with Gasteiger partial charge in [0.1, 0.15) is 41.6 Å². The molecule has 0 bridgehead atoms. The molecule has 0 radical (unpaired) electrons. The standard InChI is InChI=1S/C58H70F3N3O9S/c1-5-30-66-31-9-8-29-64(56-63-51-11-6-7-12-53(51)74-56)62-37-50-49-27-26-48(36-45(49)21-28-52(50)72-39-42-15-22-46(23-16-42)67-32-10-33-70-55-57(3,4)73-55)71-38-41-13-17-43(18-14-41)44-19-24-47(25-20-44)68-34-35-69-54(65)40(2)58(59,60)61/h5-7,11-12,15-16,21-23,26-28,30,36-37,41,43-44,47,55H,2,8-10,13-14,17-20,24-25,29,31-35,38-39H2,1,3-4H3/b30-5+,62-37+. The first-order valence-corrected chi connectivity index (χ1v) is 26.9. The summed E-state index contributed by atoms with van der Waals surface area (Å²) in [5, 5.41) is 9.94. The molecule has 5 aromatic rings. The predicted molar refractivity (Wildman–Crippen MR) is 283 cm³/mol. The molecule has 0 amide bonds. The normalized spacial score (nSPS) is 20.8. The van der Waals surface area contributed by atoms with Crippen molar-refractivity contribution >= 4 is 49.6 Å². The fraction of sp³-hybridized carbons (Fsp3) is 0.500. The number of halogens is 3. The number of carbonyl (C=O) groups is 1. The van der Waals surface area contributed by atoms with Crippen LogP contribution in [0.3, 0.4) is 0 Å². The van der Waals surface area contributed by atoms with Gasteiger partial charge in [0.25, 0.3) is 0 Å². The molecule has 1 aliphatic heterocycles. The zero-order chi connectivity index (χ0) is 51.9. The number of hydrazone groups is 1. The lowest BCUT2D eigenvalue weighted by atomic mass is 9.71. The average Bonchev–Trinajstić information content (AvgIpc) is 3.79. The molecule has 2 heterocycles. The van der Waals surface area contributed by atoms with Gasteiger partial charge in [0.15, 0.2) is 6.29 Å². The summed E-state index contributed by atoms with van der Waals surface area (Å²) in [6.45, 7) is 12.0. The van der Waals surface area contributed by atoms with Gasteiger partial charge < -0.3 is 37.9 Å². The third-order valence-electron chi connectivity index (χ3n) is 14.0. The first-order valence-electron chi connectivity index (χ1n) is 26.1. The molecule has 16 heteroatoms. The van der Waals surface area contributed by atoms with Gasteiger partial charge in [-0.25, -0.2) is 14.8 Å². The molecule has 74 heavy (non-hydrogen) atoms. The zero-order valence-corrected chi connectivity index (χ0v) is 43.6. The highest BCUT2D eigenvalue weighted by atomic mass is 32.1. The molecule has 1 unspecified atom stereocenters. The Balaban J connectivity index is 0.877. The van der Waals surface area contributed by atoms with E-state index in [1.165, 1.54) is 0 Å². The minimum Gasteiger partial charge on any atom is -0.502 e. The van der Waals surface area contributed by atoms with E-state index in [-0.39, 0.29) is 31.2 Å². The minimum atomic E-state index is -4.80. The smallest absolute Gasteiger partial charge is 0.422 e. The van der Waals surface area contributed by atoms with E-state index < -0.39 is 17.7 Å². The van der Waals surface area contributed by atoms with Crippen molar-refractivity contribution in [3.8, 4) is 17.2 Å².